The van der Waals surface area contributed by atoms with Gasteiger partial charge >= 0.3 is 5.97 Å². The molecular formula is C22H25NO4. The fourth-order valence-electron chi connectivity index (χ4n) is 2.43. The van der Waals surface area contributed by atoms with Crippen LogP contribution in [0.15, 0.2) is 54.6 Å². The van der Waals surface area contributed by atoms with Gasteiger partial charge in [-0.05, 0) is 29.2 Å². The fraction of sp³-hybridized carbons (Fsp3) is 0.273. The second-order valence-electron chi connectivity index (χ2n) is 6.35. The summed E-state index contributed by atoms with van der Waals surface area (Å²) in [6.07, 6.45) is 2.98. The summed E-state index contributed by atoms with van der Waals surface area (Å²) in [7, 11) is 1.57. The highest BCUT2D eigenvalue weighted by molar-refractivity contribution is 5.89. The Hall–Kier alpha value is -3.08. The molecule has 0 aliphatic rings. The lowest BCUT2D eigenvalue weighted by molar-refractivity contribution is -0.143. The number of amides is 1. The smallest absolute Gasteiger partial charge is 0.331 e. The maximum Gasteiger partial charge on any atom is 0.331 e. The lowest BCUT2D eigenvalue weighted by Gasteiger charge is -2.09. The van der Waals surface area contributed by atoms with Crippen molar-refractivity contribution < 1.29 is 19.1 Å². The number of rotatable bonds is 8. The number of benzene rings is 2. The number of hydrogen-bond donors (Lipinski definition) is 1. The van der Waals surface area contributed by atoms with Crippen LogP contribution in [0.2, 0.25) is 0 Å². The van der Waals surface area contributed by atoms with Crippen LogP contribution in [0.4, 0.5) is 0 Å². The summed E-state index contributed by atoms with van der Waals surface area (Å²) < 4.78 is 10.2. The van der Waals surface area contributed by atoms with E-state index in [1.807, 2.05) is 48.5 Å². The molecule has 1 amide bonds. The summed E-state index contributed by atoms with van der Waals surface area (Å²) in [6.45, 7) is 4.23. The Balaban J connectivity index is 1.76. The summed E-state index contributed by atoms with van der Waals surface area (Å²) in [4.78, 5) is 23.6. The molecule has 0 unspecified atom stereocenters. The number of carbonyl (C=O) groups is 2. The van der Waals surface area contributed by atoms with Crippen LogP contribution in [-0.2, 0) is 20.9 Å². The molecule has 1 N–H and O–H groups in total. The van der Waals surface area contributed by atoms with Gasteiger partial charge in [0.2, 0.25) is 0 Å². The Morgan fingerprint density at radius 3 is 2.44 bits per heavy atom. The summed E-state index contributed by atoms with van der Waals surface area (Å²) >= 11 is 0. The zero-order valence-corrected chi connectivity index (χ0v) is 15.9. The van der Waals surface area contributed by atoms with Crippen molar-refractivity contribution >= 4 is 18.0 Å². The number of methoxy groups -OCH3 is 1. The van der Waals surface area contributed by atoms with E-state index >= 15 is 0 Å². The van der Waals surface area contributed by atoms with Crippen LogP contribution < -0.4 is 10.1 Å². The van der Waals surface area contributed by atoms with Crippen molar-refractivity contribution in [3.8, 4) is 5.75 Å². The molecule has 0 heterocycles. The zero-order chi connectivity index (χ0) is 19.6. The third-order valence-corrected chi connectivity index (χ3v) is 4.03. The molecule has 0 saturated heterocycles. The molecule has 2 rings (SSSR count). The zero-order valence-electron chi connectivity index (χ0n) is 15.9. The van der Waals surface area contributed by atoms with Gasteiger partial charge in [-0.3, -0.25) is 4.79 Å². The van der Waals surface area contributed by atoms with Crippen LogP contribution in [-0.4, -0.2) is 25.6 Å². The number of nitrogens with one attached hydrogen (secondary N) is 1. The van der Waals surface area contributed by atoms with Crippen molar-refractivity contribution in [2.24, 2.45) is 0 Å². The summed E-state index contributed by atoms with van der Waals surface area (Å²) in [5, 5.41) is 2.70. The van der Waals surface area contributed by atoms with E-state index < -0.39 is 5.97 Å². The molecule has 0 saturated carbocycles. The van der Waals surface area contributed by atoms with Gasteiger partial charge in [0.1, 0.15) is 5.75 Å². The van der Waals surface area contributed by atoms with Crippen molar-refractivity contribution in [2.45, 2.75) is 26.3 Å². The monoisotopic (exact) mass is 367 g/mol. The van der Waals surface area contributed by atoms with Gasteiger partial charge < -0.3 is 14.8 Å². The van der Waals surface area contributed by atoms with Gasteiger partial charge in [0.25, 0.3) is 5.91 Å². The first-order valence-corrected chi connectivity index (χ1v) is 8.83. The molecule has 5 heteroatoms. The summed E-state index contributed by atoms with van der Waals surface area (Å²) in [5.41, 5.74) is 2.99. The molecule has 5 nitrogen and oxygen atoms in total. The molecule has 2 aromatic carbocycles. The molecule has 0 bridgehead atoms. The van der Waals surface area contributed by atoms with Crippen molar-refractivity contribution in [1.29, 1.82) is 0 Å². The highest BCUT2D eigenvalue weighted by atomic mass is 16.5. The van der Waals surface area contributed by atoms with E-state index in [4.69, 9.17) is 9.47 Å². The third kappa shape index (κ3) is 6.62. The predicted octanol–water partition coefficient (Wildman–Crippen LogP) is 3.69. The molecular weight excluding hydrogens is 342 g/mol. The number of ether oxygens (including phenoxy) is 2. The first-order valence-electron chi connectivity index (χ1n) is 8.83. The first-order chi connectivity index (χ1) is 13.0. The average Bonchev–Trinajstić information content (AvgIpc) is 2.69. The van der Waals surface area contributed by atoms with Crippen LogP contribution in [0.1, 0.15) is 36.5 Å². The minimum Gasteiger partial charge on any atom is -0.496 e. The average molecular weight is 367 g/mol. The Morgan fingerprint density at radius 2 is 1.78 bits per heavy atom. The van der Waals surface area contributed by atoms with Gasteiger partial charge in [0, 0.05) is 18.2 Å². The minimum absolute atomic E-state index is 0.304. The molecule has 2 aromatic rings. The molecule has 0 atom stereocenters. The van der Waals surface area contributed by atoms with Crippen molar-refractivity contribution in [2.75, 3.05) is 13.7 Å². The molecule has 142 valence electrons. The largest absolute Gasteiger partial charge is 0.496 e. The normalized spacial score (nSPS) is 10.8. The molecule has 27 heavy (non-hydrogen) atoms. The third-order valence-electron chi connectivity index (χ3n) is 4.03. The van der Waals surface area contributed by atoms with Crippen molar-refractivity contribution in [1.82, 2.24) is 5.32 Å². The van der Waals surface area contributed by atoms with E-state index in [-0.39, 0.29) is 12.5 Å². The van der Waals surface area contributed by atoms with E-state index in [1.54, 1.807) is 13.2 Å². The van der Waals surface area contributed by atoms with Gasteiger partial charge in [-0.2, -0.15) is 0 Å². The standard InChI is InChI=1S/C22H25NO4/c1-16(2)18-11-8-17(9-12-18)10-13-22(25)27-15-21(24)23-14-19-6-4-5-7-20(19)26-3/h4-13,16H,14-15H2,1-3H3,(H,23,24)/b13-10+. The van der Waals surface area contributed by atoms with Crippen LogP contribution in [0, 0.1) is 0 Å². The number of carbonyl (C=O) groups excluding carboxylic acids is 2. The second-order valence-corrected chi connectivity index (χ2v) is 6.35. The molecule has 0 radical (unpaired) electrons. The summed E-state index contributed by atoms with van der Waals surface area (Å²) in [6, 6.07) is 15.3. The first kappa shape index (κ1) is 20.2. The molecule has 0 spiro atoms. The predicted molar refractivity (Wildman–Crippen MR) is 105 cm³/mol. The SMILES string of the molecule is COc1ccccc1CNC(=O)COC(=O)/C=C/c1ccc(C(C)C)cc1. The quantitative estimate of drug-likeness (QED) is 0.571. The Kier molecular flexibility index (Phi) is 7.62. The topological polar surface area (TPSA) is 64.6 Å². The highest BCUT2D eigenvalue weighted by Gasteiger charge is 2.07. The van der Waals surface area contributed by atoms with Crippen LogP contribution in [0.25, 0.3) is 6.08 Å². The lowest BCUT2D eigenvalue weighted by Crippen LogP contribution is -2.28. The number of esters is 1. The van der Waals surface area contributed by atoms with Crippen molar-refractivity contribution in [3.05, 3.63) is 71.3 Å². The molecule has 0 aliphatic carbocycles. The Bertz CT molecular complexity index is 794. The Labute approximate surface area is 160 Å². The van der Waals surface area contributed by atoms with E-state index in [9.17, 15) is 9.59 Å². The minimum atomic E-state index is -0.560. The van der Waals surface area contributed by atoms with Crippen LogP contribution in [0.5, 0.6) is 5.75 Å². The molecule has 0 fully saturated rings. The van der Waals surface area contributed by atoms with Gasteiger partial charge in [0.15, 0.2) is 6.61 Å². The van der Waals surface area contributed by atoms with Gasteiger partial charge in [0.05, 0.1) is 7.11 Å². The molecule has 0 aromatic heterocycles. The Morgan fingerprint density at radius 1 is 1.07 bits per heavy atom. The lowest BCUT2D eigenvalue weighted by atomic mass is 10.0. The highest BCUT2D eigenvalue weighted by Crippen LogP contribution is 2.17. The van der Waals surface area contributed by atoms with Gasteiger partial charge in [-0.15, -0.1) is 0 Å². The van der Waals surface area contributed by atoms with Crippen molar-refractivity contribution in [3.63, 3.8) is 0 Å². The summed E-state index contributed by atoms with van der Waals surface area (Å²) in [5.74, 6) is 0.225. The van der Waals surface area contributed by atoms with E-state index in [2.05, 4.69) is 19.2 Å². The molecule has 0 aliphatic heterocycles. The second kappa shape index (κ2) is 10.2. The van der Waals surface area contributed by atoms with Gasteiger partial charge in [-0.25, -0.2) is 4.79 Å². The van der Waals surface area contributed by atoms with E-state index in [0.29, 0.717) is 18.2 Å². The van der Waals surface area contributed by atoms with Crippen LogP contribution in [0.3, 0.4) is 0 Å². The van der Waals surface area contributed by atoms with E-state index in [0.717, 1.165) is 11.1 Å². The maximum atomic E-state index is 11.8. The van der Waals surface area contributed by atoms with Gasteiger partial charge in [-0.1, -0.05) is 56.3 Å². The maximum absolute atomic E-state index is 11.8. The van der Waals surface area contributed by atoms with E-state index in [1.165, 1.54) is 11.6 Å². The number of para-hydroxylation sites is 1. The van der Waals surface area contributed by atoms with Crippen LogP contribution >= 0.6 is 0 Å². The fourth-order valence-corrected chi connectivity index (χ4v) is 2.43. The number of hydrogen-bond acceptors (Lipinski definition) is 4.